The van der Waals surface area contributed by atoms with Gasteiger partial charge >= 0.3 is 5.97 Å². The molecule has 0 bridgehead atoms. The molecule has 5 nitrogen and oxygen atoms in total. The van der Waals surface area contributed by atoms with Gasteiger partial charge in [-0.1, -0.05) is 35.9 Å². The Morgan fingerprint density at radius 3 is 2.46 bits per heavy atom. The van der Waals surface area contributed by atoms with E-state index in [1.807, 2.05) is 12.1 Å². The minimum Gasteiger partial charge on any atom is -0.440 e. The van der Waals surface area contributed by atoms with E-state index in [1.165, 1.54) is 0 Å². The van der Waals surface area contributed by atoms with Crippen molar-refractivity contribution < 1.29 is 9.53 Å². The van der Waals surface area contributed by atoms with Gasteiger partial charge in [-0.3, -0.25) is 0 Å². The zero-order chi connectivity index (χ0) is 24.9. The van der Waals surface area contributed by atoms with Crippen LogP contribution in [0.15, 0.2) is 54.7 Å². The number of pyridine rings is 1. The van der Waals surface area contributed by atoms with E-state index in [1.54, 1.807) is 12.3 Å². The van der Waals surface area contributed by atoms with E-state index in [9.17, 15) is 4.79 Å². The fourth-order valence-corrected chi connectivity index (χ4v) is 5.92. The smallest absolute Gasteiger partial charge is 0.340 e. The Kier molecular flexibility index (Phi) is 5.84. The predicted molar refractivity (Wildman–Crippen MR) is 142 cm³/mol. The van der Waals surface area contributed by atoms with Gasteiger partial charge in [-0.2, -0.15) is 0 Å². The van der Waals surface area contributed by atoms with Crippen LogP contribution in [0.2, 0.25) is 5.15 Å². The molecule has 0 aliphatic carbocycles. The number of nitrogens with zero attached hydrogens (tertiary/aromatic N) is 3. The summed E-state index contributed by atoms with van der Waals surface area (Å²) in [5.74, 6) is -0.385. The molecule has 35 heavy (non-hydrogen) atoms. The highest BCUT2D eigenvalue weighted by Gasteiger charge is 2.52. The number of esters is 1. The summed E-state index contributed by atoms with van der Waals surface area (Å²) in [5.41, 5.74) is 6.37. The molecule has 180 valence electrons. The minimum absolute atomic E-state index is 0.276. The number of rotatable bonds is 6. The summed E-state index contributed by atoms with van der Waals surface area (Å²) in [7, 11) is 0. The lowest BCUT2D eigenvalue weighted by molar-refractivity contribution is 0.0251. The number of halogens is 1. The fourth-order valence-electron chi connectivity index (χ4n) is 5.76. The zero-order valence-corrected chi connectivity index (χ0v) is 21.6. The van der Waals surface area contributed by atoms with Crippen molar-refractivity contribution >= 4 is 34.2 Å². The largest absolute Gasteiger partial charge is 0.440 e. The number of ether oxygens (including phenoxy) is 1. The van der Waals surface area contributed by atoms with Crippen molar-refractivity contribution in [2.75, 3.05) is 18.0 Å². The van der Waals surface area contributed by atoms with Crippen LogP contribution < -0.4 is 4.90 Å². The topological polar surface area (TPSA) is 47.4 Å². The summed E-state index contributed by atoms with van der Waals surface area (Å²) in [6.07, 6.45) is 1.71. The average molecular weight is 488 g/mol. The molecule has 0 fully saturated rings. The number of fused-ring (bicyclic) bond motifs is 2. The number of carbonyl (C=O) groups excluding carboxylic acids is 1. The third-order valence-electron chi connectivity index (χ3n) is 7.33. The second-order valence-electron chi connectivity index (χ2n) is 9.02. The van der Waals surface area contributed by atoms with Crippen LogP contribution in [0.3, 0.4) is 0 Å². The molecule has 1 atom stereocenters. The number of hydrogen-bond donors (Lipinski definition) is 0. The Bertz CT molecular complexity index is 1450. The SMILES string of the molecule is CCN(CC)c1ccc(C2(c3c(C)n(CC)c4ccccc34)OC(=O)c3cc(Cl)ncc32)c(C)c1. The molecule has 6 heteroatoms. The van der Waals surface area contributed by atoms with E-state index >= 15 is 0 Å². The van der Waals surface area contributed by atoms with E-state index in [0.717, 1.165) is 64.2 Å². The third kappa shape index (κ3) is 3.36. The van der Waals surface area contributed by atoms with Crippen molar-refractivity contribution in [3.8, 4) is 0 Å². The molecule has 1 aliphatic heterocycles. The Labute approximate surface area is 211 Å². The van der Waals surface area contributed by atoms with Crippen molar-refractivity contribution in [1.29, 1.82) is 0 Å². The molecule has 3 heterocycles. The van der Waals surface area contributed by atoms with Crippen LogP contribution in [0.4, 0.5) is 5.69 Å². The first-order chi connectivity index (χ1) is 16.9. The van der Waals surface area contributed by atoms with E-state index in [0.29, 0.717) is 5.56 Å². The lowest BCUT2D eigenvalue weighted by Crippen LogP contribution is -2.32. The number of anilines is 1. The second-order valence-corrected chi connectivity index (χ2v) is 9.40. The average Bonchev–Trinajstić information content (AvgIpc) is 3.30. The molecule has 0 radical (unpaired) electrons. The first-order valence-corrected chi connectivity index (χ1v) is 12.6. The minimum atomic E-state index is -1.13. The summed E-state index contributed by atoms with van der Waals surface area (Å²) < 4.78 is 8.74. The molecule has 2 aromatic carbocycles. The molecule has 0 N–H and O–H groups in total. The van der Waals surface area contributed by atoms with Gasteiger partial charge < -0.3 is 14.2 Å². The normalized spacial score (nSPS) is 17.0. The molecule has 0 saturated heterocycles. The highest BCUT2D eigenvalue weighted by atomic mass is 35.5. The Morgan fingerprint density at radius 2 is 1.77 bits per heavy atom. The predicted octanol–water partition coefficient (Wildman–Crippen LogP) is 6.63. The molecular weight excluding hydrogens is 458 g/mol. The van der Waals surface area contributed by atoms with Crippen molar-refractivity contribution in [3.05, 3.63) is 93.4 Å². The second kappa shape index (κ2) is 8.72. The molecule has 1 aliphatic rings. The highest BCUT2D eigenvalue weighted by Crippen LogP contribution is 2.52. The van der Waals surface area contributed by atoms with E-state index in [-0.39, 0.29) is 11.1 Å². The number of carbonyl (C=O) groups is 1. The first-order valence-electron chi connectivity index (χ1n) is 12.2. The number of aromatic nitrogens is 2. The van der Waals surface area contributed by atoms with Crippen LogP contribution in [-0.4, -0.2) is 28.6 Å². The van der Waals surface area contributed by atoms with E-state index in [2.05, 4.69) is 79.4 Å². The Balaban J connectivity index is 1.89. The highest BCUT2D eigenvalue weighted by molar-refractivity contribution is 6.29. The standard InChI is InChI=1S/C29H30ClN3O2/c1-6-32(7-2)20-13-14-23(18(4)15-20)29(24-17-31-26(30)16-22(24)28(34)35-29)27-19(5)33(8-3)25-12-10-9-11-21(25)27/h9-17H,6-8H2,1-5H3. The number of benzene rings is 2. The van der Waals surface area contributed by atoms with Crippen molar-refractivity contribution in [3.63, 3.8) is 0 Å². The van der Waals surface area contributed by atoms with Crippen LogP contribution in [0.25, 0.3) is 10.9 Å². The zero-order valence-electron chi connectivity index (χ0n) is 20.9. The first kappa shape index (κ1) is 23.4. The van der Waals surface area contributed by atoms with Crippen LogP contribution in [0, 0.1) is 13.8 Å². The molecule has 1 unspecified atom stereocenters. The number of cyclic esters (lactones) is 1. The third-order valence-corrected chi connectivity index (χ3v) is 7.54. The molecule has 4 aromatic rings. The fraction of sp³-hybridized carbons (Fsp3) is 0.310. The monoisotopic (exact) mass is 487 g/mol. The number of para-hydroxylation sites is 1. The van der Waals surface area contributed by atoms with Crippen LogP contribution in [-0.2, 0) is 16.9 Å². The van der Waals surface area contributed by atoms with Gasteiger partial charge in [-0.15, -0.1) is 0 Å². The lowest BCUT2D eigenvalue weighted by atomic mass is 9.77. The molecule has 0 saturated carbocycles. The van der Waals surface area contributed by atoms with Crippen LogP contribution in [0.1, 0.15) is 59.1 Å². The van der Waals surface area contributed by atoms with E-state index < -0.39 is 5.60 Å². The van der Waals surface area contributed by atoms with Gasteiger partial charge in [-0.25, -0.2) is 9.78 Å². The van der Waals surface area contributed by atoms with Gasteiger partial charge in [0.05, 0.1) is 5.56 Å². The van der Waals surface area contributed by atoms with Gasteiger partial charge in [0.15, 0.2) is 5.60 Å². The summed E-state index contributed by atoms with van der Waals surface area (Å²) >= 11 is 6.22. The maximum absolute atomic E-state index is 13.4. The molecule has 5 rings (SSSR count). The maximum Gasteiger partial charge on any atom is 0.340 e. The van der Waals surface area contributed by atoms with Gasteiger partial charge in [0.2, 0.25) is 0 Å². The maximum atomic E-state index is 13.4. The van der Waals surface area contributed by atoms with Crippen molar-refractivity contribution in [1.82, 2.24) is 9.55 Å². The van der Waals surface area contributed by atoms with E-state index in [4.69, 9.17) is 16.3 Å². The van der Waals surface area contributed by atoms with Crippen molar-refractivity contribution in [2.24, 2.45) is 0 Å². The van der Waals surface area contributed by atoms with Gasteiger partial charge in [0.25, 0.3) is 0 Å². The number of hydrogen-bond acceptors (Lipinski definition) is 4. The summed E-state index contributed by atoms with van der Waals surface area (Å²) in [6.45, 7) is 13.3. The van der Waals surface area contributed by atoms with Crippen molar-refractivity contribution in [2.45, 2.75) is 46.8 Å². The summed E-state index contributed by atoms with van der Waals surface area (Å²) in [4.78, 5) is 20.1. The lowest BCUT2D eigenvalue weighted by Gasteiger charge is -2.33. The molecule has 2 aromatic heterocycles. The molecular formula is C29H30ClN3O2. The molecule has 0 spiro atoms. The van der Waals surface area contributed by atoms with Crippen LogP contribution in [0.5, 0.6) is 0 Å². The van der Waals surface area contributed by atoms with Crippen LogP contribution >= 0.6 is 11.6 Å². The number of aryl methyl sites for hydroxylation is 2. The van der Waals surface area contributed by atoms with Gasteiger partial charge in [0.1, 0.15) is 5.15 Å². The van der Waals surface area contributed by atoms with Gasteiger partial charge in [0, 0.05) is 64.8 Å². The summed E-state index contributed by atoms with van der Waals surface area (Å²) in [6, 6.07) is 16.4. The molecule has 0 amide bonds. The Morgan fingerprint density at radius 1 is 1.03 bits per heavy atom. The quantitative estimate of drug-likeness (QED) is 0.226. The Hall–Kier alpha value is -3.31. The summed E-state index contributed by atoms with van der Waals surface area (Å²) in [5, 5.41) is 1.34. The van der Waals surface area contributed by atoms with Gasteiger partial charge in [-0.05, 0) is 64.4 Å².